The first kappa shape index (κ1) is 14.1. The Bertz CT molecular complexity index is 451. The minimum Gasteiger partial charge on any atom is -0.493 e. The highest BCUT2D eigenvalue weighted by atomic mass is 16.5. The Labute approximate surface area is 107 Å². The van der Waals surface area contributed by atoms with Crippen LogP contribution in [0.3, 0.4) is 0 Å². The lowest BCUT2D eigenvalue weighted by Crippen LogP contribution is -2.11. The number of methoxy groups -OCH3 is 2. The molecule has 0 radical (unpaired) electrons. The highest BCUT2D eigenvalue weighted by Gasteiger charge is 2.21. The van der Waals surface area contributed by atoms with Crippen molar-refractivity contribution in [1.82, 2.24) is 0 Å². The molecule has 0 saturated carbocycles. The number of aliphatic carboxylic acids is 1. The lowest BCUT2D eigenvalue weighted by molar-refractivity contribution is -0.138. The Morgan fingerprint density at radius 1 is 1.44 bits per heavy atom. The average molecular weight is 250 g/mol. The van der Waals surface area contributed by atoms with E-state index in [0.29, 0.717) is 23.5 Å². The summed E-state index contributed by atoms with van der Waals surface area (Å²) in [5.41, 5.74) is 1.54. The molecule has 1 aromatic carbocycles. The third-order valence-electron chi connectivity index (χ3n) is 2.79. The SMILES string of the molecule is C=CC[C@H](C(=O)O)c1cc(C)c(OC)c(OC)c1. The topological polar surface area (TPSA) is 55.8 Å². The first-order valence-electron chi connectivity index (χ1n) is 5.61. The number of rotatable bonds is 6. The van der Waals surface area contributed by atoms with Gasteiger partial charge in [0.1, 0.15) is 0 Å². The van der Waals surface area contributed by atoms with E-state index in [1.54, 1.807) is 19.3 Å². The Hall–Kier alpha value is -1.97. The number of aryl methyl sites for hydroxylation is 1. The molecule has 0 aliphatic carbocycles. The molecular weight excluding hydrogens is 232 g/mol. The highest BCUT2D eigenvalue weighted by molar-refractivity contribution is 5.77. The number of ether oxygens (including phenoxy) is 2. The number of carboxylic acids is 1. The van der Waals surface area contributed by atoms with Gasteiger partial charge in [0, 0.05) is 0 Å². The van der Waals surface area contributed by atoms with Crippen molar-refractivity contribution >= 4 is 5.97 Å². The predicted octanol–water partition coefficient (Wildman–Crippen LogP) is 2.76. The molecule has 0 aromatic heterocycles. The van der Waals surface area contributed by atoms with Gasteiger partial charge in [-0.15, -0.1) is 6.58 Å². The lowest BCUT2D eigenvalue weighted by atomic mass is 9.94. The molecule has 4 heteroatoms. The van der Waals surface area contributed by atoms with E-state index in [1.165, 1.54) is 7.11 Å². The van der Waals surface area contributed by atoms with Gasteiger partial charge in [-0.3, -0.25) is 4.79 Å². The molecule has 0 aliphatic rings. The van der Waals surface area contributed by atoms with Crippen LogP contribution in [0.4, 0.5) is 0 Å². The molecule has 1 atom stereocenters. The molecule has 0 bridgehead atoms. The van der Waals surface area contributed by atoms with Crippen molar-refractivity contribution in [2.75, 3.05) is 14.2 Å². The first-order chi connectivity index (χ1) is 8.54. The van der Waals surface area contributed by atoms with Crippen molar-refractivity contribution in [2.45, 2.75) is 19.3 Å². The number of allylic oxidation sites excluding steroid dienone is 1. The number of carboxylic acid groups (broad SMARTS) is 1. The molecule has 0 fully saturated rings. The summed E-state index contributed by atoms with van der Waals surface area (Å²) >= 11 is 0. The zero-order valence-electron chi connectivity index (χ0n) is 10.9. The molecule has 4 nitrogen and oxygen atoms in total. The summed E-state index contributed by atoms with van der Waals surface area (Å²) in [4.78, 5) is 11.2. The van der Waals surface area contributed by atoms with Crippen LogP contribution in [0.15, 0.2) is 24.8 Å². The Morgan fingerprint density at radius 2 is 2.11 bits per heavy atom. The van der Waals surface area contributed by atoms with Gasteiger partial charge in [0.05, 0.1) is 20.1 Å². The van der Waals surface area contributed by atoms with Crippen molar-refractivity contribution in [3.8, 4) is 11.5 Å². The number of carbonyl (C=O) groups is 1. The van der Waals surface area contributed by atoms with Gasteiger partial charge in [-0.2, -0.15) is 0 Å². The summed E-state index contributed by atoms with van der Waals surface area (Å²) in [6.45, 7) is 5.45. The summed E-state index contributed by atoms with van der Waals surface area (Å²) in [5, 5.41) is 9.22. The van der Waals surface area contributed by atoms with Gasteiger partial charge in [-0.25, -0.2) is 0 Å². The molecule has 0 amide bonds. The zero-order chi connectivity index (χ0) is 13.7. The maximum Gasteiger partial charge on any atom is 0.311 e. The van der Waals surface area contributed by atoms with Crippen LogP contribution >= 0.6 is 0 Å². The Morgan fingerprint density at radius 3 is 2.56 bits per heavy atom. The molecule has 98 valence electrons. The van der Waals surface area contributed by atoms with Gasteiger partial charge < -0.3 is 14.6 Å². The molecule has 0 spiro atoms. The van der Waals surface area contributed by atoms with Crippen LogP contribution in [-0.2, 0) is 4.79 Å². The van der Waals surface area contributed by atoms with Crippen LogP contribution < -0.4 is 9.47 Å². The second kappa shape index (κ2) is 6.10. The minimum atomic E-state index is -0.874. The Balaban J connectivity index is 3.28. The third kappa shape index (κ3) is 2.83. The summed E-state index contributed by atoms with van der Waals surface area (Å²) in [6, 6.07) is 3.51. The van der Waals surface area contributed by atoms with Crippen molar-refractivity contribution in [1.29, 1.82) is 0 Å². The van der Waals surface area contributed by atoms with E-state index in [1.807, 2.05) is 13.0 Å². The van der Waals surface area contributed by atoms with E-state index in [2.05, 4.69) is 6.58 Å². The minimum absolute atomic E-state index is 0.379. The molecular formula is C14H18O4. The van der Waals surface area contributed by atoms with Crippen LogP contribution in [0.2, 0.25) is 0 Å². The lowest BCUT2D eigenvalue weighted by Gasteiger charge is -2.16. The van der Waals surface area contributed by atoms with Gasteiger partial charge in [0.15, 0.2) is 11.5 Å². The predicted molar refractivity (Wildman–Crippen MR) is 69.5 cm³/mol. The zero-order valence-corrected chi connectivity index (χ0v) is 10.9. The summed E-state index contributed by atoms with van der Waals surface area (Å²) in [6.07, 6.45) is 1.98. The van der Waals surface area contributed by atoms with Crippen LogP contribution in [0.25, 0.3) is 0 Å². The number of benzene rings is 1. The maximum absolute atomic E-state index is 11.2. The highest BCUT2D eigenvalue weighted by Crippen LogP contribution is 2.35. The molecule has 0 aliphatic heterocycles. The number of hydrogen-bond acceptors (Lipinski definition) is 3. The standard InChI is InChI=1S/C14H18O4/c1-5-6-11(14(15)16)10-7-9(2)13(18-4)12(8-10)17-3/h5,7-8,11H,1,6H2,2-4H3,(H,15,16)/t11-/m0/s1. The van der Waals surface area contributed by atoms with Gasteiger partial charge in [-0.05, 0) is 30.5 Å². The molecule has 0 heterocycles. The van der Waals surface area contributed by atoms with Gasteiger partial charge in [-0.1, -0.05) is 12.1 Å². The van der Waals surface area contributed by atoms with Crippen molar-refractivity contribution < 1.29 is 19.4 Å². The summed E-state index contributed by atoms with van der Waals surface area (Å²) in [7, 11) is 3.09. The van der Waals surface area contributed by atoms with Crippen molar-refractivity contribution in [3.05, 3.63) is 35.9 Å². The van der Waals surface area contributed by atoms with Gasteiger partial charge >= 0.3 is 5.97 Å². The molecule has 1 N–H and O–H groups in total. The summed E-state index contributed by atoms with van der Waals surface area (Å²) in [5.74, 6) is -0.311. The maximum atomic E-state index is 11.2. The first-order valence-corrected chi connectivity index (χ1v) is 5.61. The second-order valence-corrected chi connectivity index (χ2v) is 3.99. The monoisotopic (exact) mass is 250 g/mol. The van der Waals surface area contributed by atoms with E-state index in [4.69, 9.17) is 9.47 Å². The van der Waals surface area contributed by atoms with Crippen LogP contribution in [0.1, 0.15) is 23.5 Å². The van der Waals surface area contributed by atoms with E-state index in [0.717, 1.165) is 5.56 Å². The fourth-order valence-corrected chi connectivity index (χ4v) is 1.93. The number of hydrogen-bond donors (Lipinski definition) is 1. The quantitative estimate of drug-likeness (QED) is 0.789. The van der Waals surface area contributed by atoms with Crippen LogP contribution in [0, 0.1) is 6.92 Å². The summed E-state index contributed by atoms with van der Waals surface area (Å²) < 4.78 is 10.5. The van der Waals surface area contributed by atoms with Crippen LogP contribution in [0.5, 0.6) is 11.5 Å². The average Bonchev–Trinajstić information content (AvgIpc) is 2.34. The van der Waals surface area contributed by atoms with E-state index in [-0.39, 0.29) is 0 Å². The van der Waals surface area contributed by atoms with Gasteiger partial charge in [0.2, 0.25) is 0 Å². The Kier molecular flexibility index (Phi) is 4.77. The molecule has 18 heavy (non-hydrogen) atoms. The van der Waals surface area contributed by atoms with Gasteiger partial charge in [0.25, 0.3) is 0 Å². The molecule has 0 unspecified atom stereocenters. The van der Waals surface area contributed by atoms with E-state index in [9.17, 15) is 9.90 Å². The normalized spacial score (nSPS) is 11.7. The molecule has 0 saturated heterocycles. The van der Waals surface area contributed by atoms with Crippen LogP contribution in [-0.4, -0.2) is 25.3 Å². The van der Waals surface area contributed by atoms with Crippen molar-refractivity contribution in [3.63, 3.8) is 0 Å². The largest absolute Gasteiger partial charge is 0.493 e. The fraction of sp³-hybridized carbons (Fsp3) is 0.357. The molecule has 1 aromatic rings. The third-order valence-corrected chi connectivity index (χ3v) is 2.79. The smallest absolute Gasteiger partial charge is 0.311 e. The molecule has 1 rings (SSSR count). The second-order valence-electron chi connectivity index (χ2n) is 3.99. The van der Waals surface area contributed by atoms with E-state index >= 15 is 0 Å². The fourth-order valence-electron chi connectivity index (χ4n) is 1.93. The van der Waals surface area contributed by atoms with E-state index < -0.39 is 11.9 Å². The van der Waals surface area contributed by atoms with Crippen molar-refractivity contribution in [2.24, 2.45) is 0 Å².